The van der Waals surface area contributed by atoms with Crippen molar-refractivity contribution >= 4 is 45.5 Å². The molecule has 170 valence electrons. The number of fused-ring (bicyclic) bond motifs is 1. The van der Waals surface area contributed by atoms with Crippen molar-refractivity contribution in [3.8, 4) is 0 Å². The smallest absolute Gasteiger partial charge is 0.269 e. The Balaban J connectivity index is 1.71. The predicted molar refractivity (Wildman–Crippen MR) is 134 cm³/mol. The average molecular weight is 463 g/mol. The van der Waals surface area contributed by atoms with Gasteiger partial charge in [0.25, 0.3) is 11.6 Å². The van der Waals surface area contributed by atoms with Crippen molar-refractivity contribution in [2.24, 2.45) is 4.99 Å². The number of non-ortho nitro benzene ring substituents is 1. The molecule has 4 rings (SSSR count). The number of carbonyl (C=O) groups is 1. The molecule has 2 aromatic carbocycles. The Morgan fingerprint density at radius 1 is 1.09 bits per heavy atom. The largest absolute Gasteiger partial charge is 0.342 e. The van der Waals surface area contributed by atoms with Crippen molar-refractivity contribution in [2.45, 2.75) is 46.3 Å². The second-order valence-corrected chi connectivity index (χ2v) is 9.55. The molecule has 7 nitrogen and oxygen atoms in total. The van der Waals surface area contributed by atoms with E-state index < -0.39 is 4.92 Å². The highest BCUT2D eigenvalue weighted by molar-refractivity contribution is 8.18. The molecule has 0 saturated carbocycles. The van der Waals surface area contributed by atoms with Gasteiger partial charge in [-0.25, -0.2) is 0 Å². The molecule has 33 heavy (non-hydrogen) atoms. The Kier molecular flexibility index (Phi) is 6.37. The number of amidine groups is 1. The first-order valence-electron chi connectivity index (χ1n) is 10.9. The highest BCUT2D eigenvalue weighted by Gasteiger charge is 2.35. The predicted octanol–water partition coefficient (Wildman–Crippen LogP) is 5.69. The Morgan fingerprint density at radius 2 is 1.79 bits per heavy atom. The number of amides is 1. The summed E-state index contributed by atoms with van der Waals surface area (Å²) in [7, 11) is 0. The van der Waals surface area contributed by atoms with Gasteiger partial charge in [0.05, 0.1) is 9.83 Å². The number of hydrogen-bond acceptors (Lipinski definition) is 5. The summed E-state index contributed by atoms with van der Waals surface area (Å²) in [5.41, 5.74) is 3.03. The van der Waals surface area contributed by atoms with Gasteiger partial charge in [0.2, 0.25) is 0 Å². The van der Waals surface area contributed by atoms with Gasteiger partial charge in [0, 0.05) is 53.4 Å². The molecule has 1 amide bonds. The number of nitro benzene ring substituents is 1. The summed E-state index contributed by atoms with van der Waals surface area (Å²) >= 11 is 1.42. The minimum absolute atomic E-state index is 0.0249. The zero-order valence-electron chi connectivity index (χ0n) is 19.1. The van der Waals surface area contributed by atoms with E-state index in [1.165, 1.54) is 23.9 Å². The number of hydrogen-bond donors (Lipinski definition) is 0. The molecule has 1 saturated heterocycles. The van der Waals surface area contributed by atoms with E-state index in [2.05, 4.69) is 9.56 Å². The zero-order chi connectivity index (χ0) is 23.7. The fourth-order valence-electron chi connectivity index (χ4n) is 3.83. The van der Waals surface area contributed by atoms with Crippen molar-refractivity contribution in [1.82, 2.24) is 9.47 Å². The van der Waals surface area contributed by atoms with E-state index in [0.717, 1.165) is 27.2 Å². The molecular weight excluding hydrogens is 436 g/mol. The quantitative estimate of drug-likeness (QED) is 0.268. The van der Waals surface area contributed by atoms with E-state index in [9.17, 15) is 14.9 Å². The van der Waals surface area contributed by atoms with Crippen molar-refractivity contribution in [1.29, 1.82) is 0 Å². The van der Waals surface area contributed by atoms with Crippen molar-refractivity contribution < 1.29 is 9.72 Å². The molecule has 1 aromatic heterocycles. The van der Waals surface area contributed by atoms with Gasteiger partial charge in [-0.2, -0.15) is 0 Å². The van der Waals surface area contributed by atoms with Crippen molar-refractivity contribution in [3.05, 3.63) is 80.9 Å². The van der Waals surface area contributed by atoms with Gasteiger partial charge in [0.15, 0.2) is 5.17 Å². The summed E-state index contributed by atoms with van der Waals surface area (Å²) in [5, 5.41) is 12.7. The van der Waals surface area contributed by atoms with Crippen LogP contribution in [0.5, 0.6) is 0 Å². The molecule has 0 N–H and O–H groups in total. The van der Waals surface area contributed by atoms with Crippen LogP contribution in [0.25, 0.3) is 17.0 Å². The van der Waals surface area contributed by atoms with E-state index >= 15 is 0 Å². The number of nitro groups is 1. The van der Waals surface area contributed by atoms with Gasteiger partial charge in [-0.15, -0.1) is 0 Å². The molecule has 2 heterocycles. The summed E-state index contributed by atoms with van der Waals surface area (Å²) < 4.78 is 2.11. The normalized spacial score (nSPS) is 16.8. The lowest BCUT2D eigenvalue weighted by Gasteiger charge is -2.20. The summed E-state index contributed by atoms with van der Waals surface area (Å²) in [6, 6.07) is 14.8. The number of para-hydroxylation sites is 1. The third kappa shape index (κ3) is 4.71. The second-order valence-electron chi connectivity index (χ2n) is 8.54. The number of carbonyl (C=O) groups excluding carboxylic acids is 1. The number of benzene rings is 2. The molecule has 0 atom stereocenters. The van der Waals surface area contributed by atoms with Crippen molar-refractivity contribution in [2.75, 3.05) is 0 Å². The molecule has 1 aliphatic rings. The summed E-state index contributed by atoms with van der Waals surface area (Å²) in [6.07, 6.45) is 3.98. The van der Waals surface area contributed by atoms with Crippen LogP contribution in [-0.2, 0) is 11.3 Å². The first kappa shape index (κ1) is 22.8. The molecule has 0 bridgehead atoms. The summed E-state index contributed by atoms with van der Waals surface area (Å²) in [6.45, 7) is 8.57. The van der Waals surface area contributed by atoms with Gasteiger partial charge >= 0.3 is 0 Å². The highest BCUT2D eigenvalue weighted by Crippen LogP contribution is 2.36. The molecule has 0 aliphatic carbocycles. The van der Waals surface area contributed by atoms with Gasteiger partial charge in [-0.3, -0.25) is 24.8 Å². The fourth-order valence-corrected chi connectivity index (χ4v) is 5.06. The van der Waals surface area contributed by atoms with Gasteiger partial charge in [0.1, 0.15) is 0 Å². The third-order valence-corrected chi connectivity index (χ3v) is 6.33. The number of aromatic nitrogens is 1. The second kappa shape index (κ2) is 9.23. The summed E-state index contributed by atoms with van der Waals surface area (Å²) in [4.78, 5) is 30.8. The van der Waals surface area contributed by atoms with Gasteiger partial charge in [-0.05, 0) is 57.2 Å². The minimum Gasteiger partial charge on any atom is -0.342 e. The average Bonchev–Trinajstić information content (AvgIpc) is 3.25. The van der Waals surface area contributed by atoms with Gasteiger partial charge in [-0.1, -0.05) is 30.3 Å². The molecule has 1 fully saturated rings. The Morgan fingerprint density at radius 3 is 2.42 bits per heavy atom. The highest BCUT2D eigenvalue weighted by atomic mass is 32.2. The molecular formula is C25H26N4O3S. The van der Waals surface area contributed by atoms with Crippen LogP contribution in [0.4, 0.5) is 5.69 Å². The monoisotopic (exact) mass is 462 g/mol. The lowest BCUT2D eigenvalue weighted by atomic mass is 10.1. The SMILES string of the molecule is CC(C)N=C1S/C(=C/c2cn(Cc3ccc([N+](=O)[O-])cc3)c3ccccc23)C(=O)N1C(C)C. The molecule has 0 radical (unpaired) electrons. The lowest BCUT2D eigenvalue weighted by molar-refractivity contribution is -0.384. The summed E-state index contributed by atoms with van der Waals surface area (Å²) in [5.74, 6) is -0.0263. The van der Waals surface area contributed by atoms with E-state index in [-0.39, 0.29) is 23.7 Å². The maximum atomic E-state index is 13.2. The standard InChI is InChI=1S/C25H26N4O3S/c1-16(2)26-25-28(17(3)4)24(30)23(33-25)13-19-15-27(22-8-6-5-7-21(19)22)14-18-9-11-20(12-10-18)29(31)32/h5-13,15-17H,14H2,1-4H3/b23-13+,26-25?. The maximum Gasteiger partial charge on any atom is 0.269 e. The van der Waals surface area contributed by atoms with Crippen LogP contribution in [0.3, 0.4) is 0 Å². The van der Waals surface area contributed by atoms with Crippen LogP contribution < -0.4 is 0 Å². The Bertz CT molecular complexity index is 1270. The third-order valence-electron chi connectivity index (χ3n) is 5.33. The molecule has 0 unspecified atom stereocenters. The lowest BCUT2D eigenvalue weighted by Crippen LogP contribution is -2.35. The van der Waals surface area contributed by atoms with Crippen LogP contribution in [0.15, 0.2) is 64.6 Å². The van der Waals surface area contributed by atoms with Crippen LogP contribution in [0.2, 0.25) is 0 Å². The zero-order valence-corrected chi connectivity index (χ0v) is 19.9. The van der Waals surface area contributed by atoms with E-state index in [1.807, 2.05) is 64.2 Å². The number of nitrogens with zero attached hydrogens (tertiary/aromatic N) is 4. The fraction of sp³-hybridized carbons (Fsp3) is 0.280. The van der Waals surface area contributed by atoms with E-state index in [1.54, 1.807) is 17.0 Å². The topological polar surface area (TPSA) is 80.7 Å². The van der Waals surface area contributed by atoms with E-state index in [4.69, 9.17) is 0 Å². The minimum atomic E-state index is -0.396. The van der Waals surface area contributed by atoms with E-state index in [0.29, 0.717) is 11.4 Å². The first-order chi connectivity index (χ1) is 15.7. The Labute approximate surface area is 197 Å². The maximum absolute atomic E-state index is 13.2. The van der Waals surface area contributed by atoms with Crippen molar-refractivity contribution in [3.63, 3.8) is 0 Å². The Hall–Kier alpha value is -3.39. The van der Waals surface area contributed by atoms with Crippen LogP contribution in [-0.4, -0.2) is 37.5 Å². The number of rotatable bonds is 6. The van der Waals surface area contributed by atoms with Gasteiger partial charge < -0.3 is 4.57 Å². The van der Waals surface area contributed by atoms with Crippen LogP contribution >= 0.6 is 11.8 Å². The van der Waals surface area contributed by atoms with Crippen LogP contribution in [0, 0.1) is 10.1 Å². The molecule has 0 spiro atoms. The molecule has 3 aromatic rings. The molecule has 1 aliphatic heterocycles. The first-order valence-corrected chi connectivity index (χ1v) is 11.7. The molecule has 8 heteroatoms. The number of aliphatic imine (C=N–C) groups is 1. The number of thioether (sulfide) groups is 1. The van der Waals surface area contributed by atoms with Crippen LogP contribution in [0.1, 0.15) is 38.8 Å².